The molecule has 0 unspecified atom stereocenters. The maximum atomic E-state index is 5.62. The van der Waals surface area contributed by atoms with Crippen molar-refractivity contribution in [1.82, 2.24) is 15.0 Å². The molecule has 3 fully saturated rings. The van der Waals surface area contributed by atoms with E-state index < -0.39 is 0 Å². The number of rotatable bonds is 2. The highest BCUT2D eigenvalue weighted by Crippen LogP contribution is 2.48. The number of hydrogen-bond donors (Lipinski definition) is 0. The average molecular weight is 249 g/mol. The van der Waals surface area contributed by atoms with Crippen LogP contribution in [0.25, 0.3) is 0 Å². The van der Waals surface area contributed by atoms with E-state index in [0.717, 1.165) is 49.3 Å². The Bertz CT molecular complexity index is 447. The fourth-order valence-corrected chi connectivity index (χ4v) is 4.18. The summed E-state index contributed by atoms with van der Waals surface area (Å²) in [4.78, 5) is 6.77. The van der Waals surface area contributed by atoms with Gasteiger partial charge < -0.3 is 9.26 Å². The molecule has 98 valence electrons. The van der Waals surface area contributed by atoms with Crippen molar-refractivity contribution < 1.29 is 9.26 Å². The number of hydrogen-bond acceptors (Lipinski definition) is 5. The molecule has 0 amide bonds. The molecule has 5 heteroatoms. The van der Waals surface area contributed by atoms with E-state index in [-0.39, 0.29) is 0 Å². The minimum Gasteiger partial charge on any atom is -0.381 e. The summed E-state index contributed by atoms with van der Waals surface area (Å²) in [6.45, 7) is 7.05. The molecule has 1 saturated carbocycles. The van der Waals surface area contributed by atoms with Crippen LogP contribution in [0.3, 0.4) is 0 Å². The van der Waals surface area contributed by atoms with Crippen LogP contribution in [0.2, 0.25) is 0 Å². The monoisotopic (exact) mass is 249 g/mol. The van der Waals surface area contributed by atoms with Crippen molar-refractivity contribution >= 4 is 0 Å². The van der Waals surface area contributed by atoms with Crippen LogP contribution in [-0.2, 0) is 11.3 Å². The first-order valence-electron chi connectivity index (χ1n) is 6.89. The van der Waals surface area contributed by atoms with E-state index in [0.29, 0.717) is 5.89 Å². The molecule has 2 aliphatic heterocycles. The van der Waals surface area contributed by atoms with E-state index in [1.165, 1.54) is 19.5 Å². The lowest BCUT2D eigenvalue weighted by Gasteiger charge is -2.18. The normalized spacial score (nSPS) is 39.2. The van der Waals surface area contributed by atoms with Crippen LogP contribution in [0.15, 0.2) is 4.52 Å². The van der Waals surface area contributed by atoms with Gasteiger partial charge in [0.15, 0.2) is 5.82 Å². The molecule has 3 heterocycles. The zero-order valence-electron chi connectivity index (χ0n) is 10.7. The van der Waals surface area contributed by atoms with Crippen molar-refractivity contribution in [1.29, 1.82) is 0 Å². The Morgan fingerprint density at radius 2 is 2.17 bits per heavy atom. The van der Waals surface area contributed by atoms with Crippen molar-refractivity contribution in [3.05, 3.63) is 11.7 Å². The quantitative estimate of drug-likeness (QED) is 0.785. The van der Waals surface area contributed by atoms with Crippen molar-refractivity contribution in [3.63, 3.8) is 0 Å². The maximum absolute atomic E-state index is 5.62. The highest BCUT2D eigenvalue weighted by Gasteiger charge is 2.50. The molecule has 1 aromatic rings. The van der Waals surface area contributed by atoms with E-state index in [1.54, 1.807) is 0 Å². The summed E-state index contributed by atoms with van der Waals surface area (Å²) in [6.07, 6.45) is 1.36. The topological polar surface area (TPSA) is 51.4 Å². The van der Waals surface area contributed by atoms with Crippen molar-refractivity contribution in [3.8, 4) is 0 Å². The third kappa shape index (κ3) is 1.68. The molecule has 0 aromatic carbocycles. The number of likely N-dealkylation sites (tertiary alicyclic amines) is 1. The second-order valence-electron chi connectivity index (χ2n) is 6.04. The minimum atomic E-state index is 0.661. The number of aromatic nitrogens is 2. The van der Waals surface area contributed by atoms with E-state index >= 15 is 0 Å². The number of aryl methyl sites for hydroxylation is 1. The Morgan fingerprint density at radius 1 is 1.22 bits per heavy atom. The average Bonchev–Trinajstić information content (AvgIpc) is 3.01. The largest absolute Gasteiger partial charge is 0.381 e. The Hall–Kier alpha value is -0.940. The van der Waals surface area contributed by atoms with Crippen molar-refractivity contribution in [2.45, 2.75) is 19.9 Å². The number of ether oxygens (including phenoxy) is 1. The second kappa shape index (κ2) is 4.03. The lowest BCUT2D eigenvalue weighted by molar-refractivity contribution is 0.158. The SMILES string of the molecule is Cc1nc(CN2C[C@@H]3C[C@@H]4COC[C@@H]4[C@@H]3C2)no1. The zero-order chi connectivity index (χ0) is 12.1. The molecule has 4 rings (SSSR count). The van der Waals surface area contributed by atoms with E-state index in [2.05, 4.69) is 15.0 Å². The standard InChI is InChI=1S/C13H19N3O2/c1-8-14-13(15-18-8)5-16-3-9-2-10-6-17-7-12(10)11(9)4-16/h9-12H,2-7H2,1H3/t9-,10+,11+,12-/m0/s1. The summed E-state index contributed by atoms with van der Waals surface area (Å²) in [5.74, 6) is 4.85. The Kier molecular flexibility index (Phi) is 2.45. The van der Waals surface area contributed by atoms with Gasteiger partial charge in [0.05, 0.1) is 13.2 Å². The lowest BCUT2D eigenvalue weighted by atomic mass is 9.91. The van der Waals surface area contributed by atoms with E-state index in [4.69, 9.17) is 9.26 Å². The van der Waals surface area contributed by atoms with Crippen LogP contribution < -0.4 is 0 Å². The molecule has 4 atom stereocenters. The minimum absolute atomic E-state index is 0.661. The van der Waals surface area contributed by atoms with Crippen molar-refractivity contribution in [2.75, 3.05) is 26.3 Å². The van der Waals surface area contributed by atoms with Gasteiger partial charge in [0.2, 0.25) is 5.89 Å². The fourth-order valence-electron chi connectivity index (χ4n) is 4.18. The van der Waals surface area contributed by atoms with Gasteiger partial charge in [0.1, 0.15) is 0 Å². The maximum Gasteiger partial charge on any atom is 0.223 e. The first kappa shape index (κ1) is 10.9. The molecule has 0 radical (unpaired) electrons. The molecular formula is C13H19N3O2. The number of fused-ring (bicyclic) bond motifs is 3. The van der Waals surface area contributed by atoms with Crippen LogP contribution in [0, 0.1) is 30.6 Å². The van der Waals surface area contributed by atoms with Crippen LogP contribution >= 0.6 is 0 Å². The molecule has 1 aromatic heterocycles. The van der Waals surface area contributed by atoms with Gasteiger partial charge >= 0.3 is 0 Å². The Labute approximate surface area is 106 Å². The summed E-state index contributed by atoms with van der Waals surface area (Å²) in [5.41, 5.74) is 0. The molecule has 0 bridgehead atoms. The lowest BCUT2D eigenvalue weighted by Crippen LogP contribution is -2.25. The van der Waals surface area contributed by atoms with Gasteiger partial charge in [-0.05, 0) is 30.1 Å². The zero-order valence-corrected chi connectivity index (χ0v) is 10.7. The molecule has 0 spiro atoms. The Morgan fingerprint density at radius 3 is 3.00 bits per heavy atom. The second-order valence-corrected chi connectivity index (χ2v) is 6.04. The van der Waals surface area contributed by atoms with Crippen LogP contribution in [0.1, 0.15) is 18.1 Å². The van der Waals surface area contributed by atoms with Gasteiger partial charge in [-0.2, -0.15) is 4.98 Å². The summed E-state index contributed by atoms with van der Waals surface area (Å²) in [6, 6.07) is 0. The van der Waals surface area contributed by atoms with Gasteiger partial charge in [0.25, 0.3) is 0 Å². The molecule has 5 nitrogen and oxygen atoms in total. The summed E-state index contributed by atoms with van der Waals surface area (Å²) < 4.78 is 10.6. The van der Waals surface area contributed by atoms with Gasteiger partial charge in [-0.25, -0.2) is 0 Å². The summed E-state index contributed by atoms with van der Waals surface area (Å²) in [7, 11) is 0. The first-order chi connectivity index (χ1) is 8.79. The van der Waals surface area contributed by atoms with E-state index in [9.17, 15) is 0 Å². The van der Waals surface area contributed by atoms with Gasteiger partial charge in [0, 0.05) is 26.6 Å². The van der Waals surface area contributed by atoms with E-state index in [1.807, 2.05) is 6.92 Å². The van der Waals surface area contributed by atoms with Crippen LogP contribution in [0.4, 0.5) is 0 Å². The Balaban J connectivity index is 1.42. The molecule has 3 aliphatic rings. The van der Waals surface area contributed by atoms with Gasteiger partial charge in [-0.3, -0.25) is 4.90 Å². The molecule has 2 saturated heterocycles. The molecular weight excluding hydrogens is 230 g/mol. The fraction of sp³-hybridized carbons (Fsp3) is 0.846. The van der Waals surface area contributed by atoms with Gasteiger partial charge in [-0.1, -0.05) is 5.16 Å². The molecule has 18 heavy (non-hydrogen) atoms. The summed E-state index contributed by atoms with van der Waals surface area (Å²) in [5, 5.41) is 3.99. The van der Waals surface area contributed by atoms with Crippen molar-refractivity contribution in [2.24, 2.45) is 23.7 Å². The highest BCUT2D eigenvalue weighted by molar-refractivity contribution is 5.00. The highest BCUT2D eigenvalue weighted by atomic mass is 16.5. The first-order valence-corrected chi connectivity index (χ1v) is 6.89. The molecule has 1 aliphatic carbocycles. The third-order valence-corrected chi connectivity index (χ3v) is 4.91. The predicted octanol–water partition coefficient (Wildman–Crippen LogP) is 1.09. The van der Waals surface area contributed by atoms with Gasteiger partial charge in [-0.15, -0.1) is 0 Å². The third-order valence-electron chi connectivity index (χ3n) is 4.91. The number of nitrogens with zero attached hydrogens (tertiary/aromatic N) is 3. The summed E-state index contributed by atoms with van der Waals surface area (Å²) >= 11 is 0. The smallest absolute Gasteiger partial charge is 0.223 e. The predicted molar refractivity (Wildman–Crippen MR) is 63.7 cm³/mol. The van der Waals surface area contributed by atoms with Crippen LogP contribution in [0.5, 0.6) is 0 Å². The van der Waals surface area contributed by atoms with Crippen LogP contribution in [-0.4, -0.2) is 41.3 Å². The molecule has 0 N–H and O–H groups in total.